The maximum atomic E-state index is 6.20. The van der Waals surface area contributed by atoms with Gasteiger partial charge in [-0.05, 0) is 63.9 Å². The molecule has 0 aromatic heterocycles. The van der Waals surface area contributed by atoms with Crippen LogP contribution in [0.3, 0.4) is 0 Å². The quantitative estimate of drug-likeness (QED) is 0.920. The number of hydrogen-bond acceptors (Lipinski definition) is 3. The van der Waals surface area contributed by atoms with E-state index in [9.17, 15) is 0 Å². The minimum Gasteiger partial charge on any atom is -0.368 e. The Labute approximate surface area is 123 Å². The second-order valence-corrected chi connectivity index (χ2v) is 6.62. The summed E-state index contributed by atoms with van der Waals surface area (Å²) in [5.74, 6) is 0. The van der Waals surface area contributed by atoms with Crippen LogP contribution in [0.4, 0.5) is 5.69 Å². The summed E-state index contributed by atoms with van der Waals surface area (Å²) in [6, 6.07) is 7.35. The van der Waals surface area contributed by atoms with Crippen molar-refractivity contribution in [1.82, 2.24) is 4.90 Å². The SMILES string of the molecule is Cc1cc(C)cc(N(C)C2(CN)CCN(C)C(C)C2)c1. The van der Waals surface area contributed by atoms with Gasteiger partial charge in [0, 0.05) is 31.9 Å². The van der Waals surface area contributed by atoms with E-state index in [1.54, 1.807) is 0 Å². The molecule has 20 heavy (non-hydrogen) atoms. The molecule has 2 rings (SSSR count). The lowest BCUT2D eigenvalue weighted by molar-refractivity contribution is 0.132. The van der Waals surface area contributed by atoms with Crippen LogP contribution in [0.2, 0.25) is 0 Å². The number of likely N-dealkylation sites (N-methyl/N-ethyl adjacent to an activating group) is 1. The van der Waals surface area contributed by atoms with Crippen molar-refractivity contribution in [3.63, 3.8) is 0 Å². The largest absolute Gasteiger partial charge is 0.368 e. The van der Waals surface area contributed by atoms with E-state index in [1.165, 1.54) is 16.8 Å². The van der Waals surface area contributed by atoms with Gasteiger partial charge in [-0.3, -0.25) is 0 Å². The van der Waals surface area contributed by atoms with E-state index in [1.807, 2.05) is 0 Å². The molecule has 1 aliphatic heterocycles. The van der Waals surface area contributed by atoms with Crippen molar-refractivity contribution in [3.8, 4) is 0 Å². The van der Waals surface area contributed by atoms with Crippen LogP contribution in [0, 0.1) is 13.8 Å². The lowest BCUT2D eigenvalue weighted by Crippen LogP contribution is -2.60. The molecule has 0 bridgehead atoms. The Morgan fingerprint density at radius 2 is 1.90 bits per heavy atom. The van der Waals surface area contributed by atoms with Crippen molar-refractivity contribution in [2.24, 2.45) is 5.73 Å². The summed E-state index contributed by atoms with van der Waals surface area (Å²) in [5, 5.41) is 0. The first kappa shape index (κ1) is 15.3. The molecule has 0 spiro atoms. The summed E-state index contributed by atoms with van der Waals surface area (Å²) >= 11 is 0. The Morgan fingerprint density at radius 1 is 1.30 bits per heavy atom. The van der Waals surface area contributed by atoms with Gasteiger partial charge in [0.15, 0.2) is 0 Å². The zero-order valence-electron chi connectivity index (χ0n) is 13.6. The average Bonchev–Trinajstić information content (AvgIpc) is 2.40. The zero-order valence-corrected chi connectivity index (χ0v) is 13.6. The normalized spacial score (nSPS) is 27.6. The van der Waals surface area contributed by atoms with Gasteiger partial charge in [0.2, 0.25) is 0 Å². The molecule has 1 aliphatic rings. The van der Waals surface area contributed by atoms with Gasteiger partial charge < -0.3 is 15.5 Å². The smallest absolute Gasteiger partial charge is 0.0547 e. The van der Waals surface area contributed by atoms with Crippen molar-refractivity contribution >= 4 is 5.69 Å². The standard InChI is InChI=1S/C17H29N3/c1-13-8-14(2)10-16(9-13)20(5)17(12-18)6-7-19(4)15(3)11-17/h8-10,15H,6-7,11-12,18H2,1-5H3. The maximum Gasteiger partial charge on any atom is 0.0547 e. The van der Waals surface area contributed by atoms with E-state index in [-0.39, 0.29) is 5.54 Å². The molecular weight excluding hydrogens is 246 g/mol. The highest BCUT2D eigenvalue weighted by Crippen LogP contribution is 2.34. The highest BCUT2D eigenvalue weighted by Gasteiger charge is 2.39. The number of rotatable bonds is 3. The Balaban J connectivity index is 2.31. The van der Waals surface area contributed by atoms with Gasteiger partial charge in [0.25, 0.3) is 0 Å². The van der Waals surface area contributed by atoms with Crippen molar-refractivity contribution in [2.45, 2.75) is 45.2 Å². The van der Waals surface area contributed by atoms with Crippen LogP contribution in [0.15, 0.2) is 18.2 Å². The van der Waals surface area contributed by atoms with Gasteiger partial charge >= 0.3 is 0 Å². The second kappa shape index (κ2) is 5.74. The third-order valence-electron chi connectivity index (χ3n) is 5.04. The number of benzene rings is 1. The van der Waals surface area contributed by atoms with Gasteiger partial charge in [0.05, 0.1) is 5.54 Å². The molecular formula is C17H29N3. The molecule has 1 fully saturated rings. The van der Waals surface area contributed by atoms with Crippen LogP contribution >= 0.6 is 0 Å². The van der Waals surface area contributed by atoms with Gasteiger partial charge in [-0.2, -0.15) is 0 Å². The van der Waals surface area contributed by atoms with E-state index in [0.717, 1.165) is 19.4 Å². The minimum absolute atomic E-state index is 0.0894. The van der Waals surface area contributed by atoms with Crippen LogP contribution in [0.5, 0.6) is 0 Å². The number of piperidine rings is 1. The monoisotopic (exact) mass is 275 g/mol. The predicted molar refractivity (Wildman–Crippen MR) is 87.4 cm³/mol. The number of likely N-dealkylation sites (tertiary alicyclic amines) is 1. The number of nitrogens with two attached hydrogens (primary N) is 1. The first-order valence-corrected chi connectivity index (χ1v) is 7.60. The lowest BCUT2D eigenvalue weighted by Gasteiger charge is -2.50. The summed E-state index contributed by atoms with van der Waals surface area (Å²) in [4.78, 5) is 4.86. The first-order chi connectivity index (χ1) is 9.38. The molecule has 1 saturated heterocycles. The number of nitrogens with zero attached hydrogens (tertiary/aromatic N) is 2. The third kappa shape index (κ3) is 2.84. The van der Waals surface area contributed by atoms with Crippen LogP contribution in [-0.2, 0) is 0 Å². The Hall–Kier alpha value is -1.06. The summed E-state index contributed by atoms with van der Waals surface area (Å²) in [6.07, 6.45) is 2.26. The van der Waals surface area contributed by atoms with Gasteiger partial charge in [-0.25, -0.2) is 0 Å². The van der Waals surface area contributed by atoms with E-state index in [0.29, 0.717) is 12.6 Å². The minimum atomic E-state index is 0.0894. The zero-order chi connectivity index (χ0) is 14.9. The van der Waals surface area contributed by atoms with Crippen LogP contribution < -0.4 is 10.6 Å². The van der Waals surface area contributed by atoms with Crippen LogP contribution in [0.25, 0.3) is 0 Å². The molecule has 112 valence electrons. The highest BCUT2D eigenvalue weighted by molar-refractivity contribution is 5.53. The number of aryl methyl sites for hydroxylation is 2. The van der Waals surface area contributed by atoms with Crippen molar-refractivity contribution in [3.05, 3.63) is 29.3 Å². The van der Waals surface area contributed by atoms with Crippen molar-refractivity contribution in [2.75, 3.05) is 32.1 Å². The first-order valence-electron chi connectivity index (χ1n) is 7.60. The molecule has 0 aliphatic carbocycles. The van der Waals surface area contributed by atoms with Gasteiger partial charge in [-0.1, -0.05) is 6.07 Å². The highest BCUT2D eigenvalue weighted by atomic mass is 15.2. The van der Waals surface area contributed by atoms with E-state index in [4.69, 9.17) is 5.73 Å². The Kier molecular flexibility index (Phi) is 4.40. The van der Waals surface area contributed by atoms with Crippen molar-refractivity contribution in [1.29, 1.82) is 0 Å². The van der Waals surface area contributed by atoms with Crippen LogP contribution in [0.1, 0.15) is 30.9 Å². The maximum absolute atomic E-state index is 6.20. The molecule has 1 heterocycles. The summed E-state index contributed by atoms with van der Waals surface area (Å²) < 4.78 is 0. The predicted octanol–water partition coefficient (Wildman–Crippen LogP) is 2.55. The molecule has 0 saturated carbocycles. The fourth-order valence-electron chi connectivity index (χ4n) is 3.46. The Morgan fingerprint density at radius 3 is 2.40 bits per heavy atom. The third-order valence-corrected chi connectivity index (χ3v) is 5.04. The van der Waals surface area contributed by atoms with Gasteiger partial charge in [-0.15, -0.1) is 0 Å². The van der Waals surface area contributed by atoms with Crippen LogP contribution in [-0.4, -0.2) is 43.7 Å². The second-order valence-electron chi connectivity index (χ2n) is 6.62. The summed E-state index contributed by atoms with van der Waals surface area (Å²) in [6.45, 7) is 8.47. The number of hydrogen-bond donors (Lipinski definition) is 1. The summed E-state index contributed by atoms with van der Waals surface area (Å²) in [5.41, 5.74) is 10.2. The fourth-order valence-corrected chi connectivity index (χ4v) is 3.46. The summed E-state index contributed by atoms with van der Waals surface area (Å²) in [7, 11) is 4.42. The molecule has 0 amide bonds. The Bertz CT molecular complexity index is 451. The van der Waals surface area contributed by atoms with Gasteiger partial charge in [0.1, 0.15) is 0 Å². The molecule has 2 N–H and O–H groups in total. The molecule has 1 aromatic rings. The van der Waals surface area contributed by atoms with E-state index >= 15 is 0 Å². The lowest BCUT2D eigenvalue weighted by atomic mass is 9.82. The van der Waals surface area contributed by atoms with E-state index < -0.39 is 0 Å². The fraction of sp³-hybridized carbons (Fsp3) is 0.647. The molecule has 2 atom stereocenters. The molecule has 3 heteroatoms. The van der Waals surface area contributed by atoms with E-state index in [2.05, 4.69) is 62.9 Å². The molecule has 3 nitrogen and oxygen atoms in total. The van der Waals surface area contributed by atoms with Crippen molar-refractivity contribution < 1.29 is 0 Å². The molecule has 0 radical (unpaired) electrons. The topological polar surface area (TPSA) is 32.5 Å². The molecule has 2 unspecified atom stereocenters. The average molecular weight is 275 g/mol. The number of anilines is 1. The molecule has 1 aromatic carbocycles.